The SMILES string of the molecule is Cn1cnnc1SCC(=O)Nc1ccc2nc(SCC(=O)N3CC3)sc2c1. The zero-order valence-corrected chi connectivity index (χ0v) is 16.9. The van der Waals surface area contributed by atoms with Gasteiger partial charge in [-0.1, -0.05) is 23.5 Å². The topological polar surface area (TPSA) is 92.8 Å². The van der Waals surface area contributed by atoms with E-state index in [2.05, 4.69) is 20.5 Å². The molecule has 1 saturated heterocycles. The number of anilines is 1. The molecule has 1 aliphatic heterocycles. The number of thiazole rings is 1. The van der Waals surface area contributed by atoms with Gasteiger partial charge in [-0.25, -0.2) is 4.98 Å². The molecule has 4 rings (SSSR count). The highest BCUT2D eigenvalue weighted by atomic mass is 32.2. The second-order valence-electron chi connectivity index (χ2n) is 5.89. The van der Waals surface area contributed by atoms with E-state index in [4.69, 9.17) is 0 Å². The van der Waals surface area contributed by atoms with Crippen molar-refractivity contribution in [1.82, 2.24) is 24.6 Å². The van der Waals surface area contributed by atoms with Gasteiger partial charge >= 0.3 is 0 Å². The van der Waals surface area contributed by atoms with Crippen LogP contribution in [0.15, 0.2) is 34.0 Å². The van der Waals surface area contributed by atoms with Crippen LogP contribution in [0.25, 0.3) is 10.2 Å². The van der Waals surface area contributed by atoms with Crippen LogP contribution in [0.2, 0.25) is 0 Å². The monoisotopic (exact) mass is 420 g/mol. The Morgan fingerprint density at radius 2 is 2.11 bits per heavy atom. The number of rotatable bonds is 7. The first-order valence-corrected chi connectivity index (χ1v) is 10.9. The number of aryl methyl sites for hydroxylation is 1. The second-order valence-corrected chi connectivity index (χ2v) is 9.09. The van der Waals surface area contributed by atoms with E-state index in [1.807, 2.05) is 30.1 Å². The van der Waals surface area contributed by atoms with Crippen LogP contribution in [-0.2, 0) is 16.6 Å². The van der Waals surface area contributed by atoms with Crippen LogP contribution in [0, 0.1) is 0 Å². The summed E-state index contributed by atoms with van der Waals surface area (Å²) in [7, 11) is 1.84. The van der Waals surface area contributed by atoms with Crippen LogP contribution < -0.4 is 5.32 Å². The van der Waals surface area contributed by atoms with Crippen molar-refractivity contribution in [2.45, 2.75) is 9.50 Å². The van der Waals surface area contributed by atoms with Crippen molar-refractivity contribution in [3.8, 4) is 0 Å². The van der Waals surface area contributed by atoms with Gasteiger partial charge in [-0.3, -0.25) is 9.59 Å². The lowest BCUT2D eigenvalue weighted by atomic mass is 10.3. The number of amides is 2. The minimum atomic E-state index is -0.106. The molecule has 27 heavy (non-hydrogen) atoms. The third-order valence-electron chi connectivity index (χ3n) is 3.77. The van der Waals surface area contributed by atoms with E-state index in [1.54, 1.807) is 10.9 Å². The smallest absolute Gasteiger partial charge is 0.234 e. The Morgan fingerprint density at radius 3 is 2.85 bits per heavy atom. The van der Waals surface area contributed by atoms with Gasteiger partial charge in [0.25, 0.3) is 0 Å². The molecule has 0 bridgehead atoms. The van der Waals surface area contributed by atoms with E-state index in [-0.39, 0.29) is 17.6 Å². The fraction of sp³-hybridized carbons (Fsp3) is 0.312. The Labute approximate surface area is 167 Å². The van der Waals surface area contributed by atoms with E-state index in [1.165, 1.54) is 34.9 Å². The predicted octanol–water partition coefficient (Wildman–Crippen LogP) is 2.09. The maximum absolute atomic E-state index is 12.2. The summed E-state index contributed by atoms with van der Waals surface area (Å²) >= 11 is 4.32. The molecule has 1 fully saturated rings. The highest BCUT2D eigenvalue weighted by molar-refractivity contribution is 8.01. The minimum absolute atomic E-state index is 0.106. The molecule has 0 spiro atoms. The summed E-state index contributed by atoms with van der Waals surface area (Å²) in [5, 5.41) is 11.3. The van der Waals surface area contributed by atoms with E-state index >= 15 is 0 Å². The first-order valence-electron chi connectivity index (χ1n) is 8.16. The Morgan fingerprint density at radius 1 is 1.26 bits per heavy atom. The molecule has 2 amide bonds. The molecule has 11 heteroatoms. The first-order chi connectivity index (χ1) is 13.1. The molecule has 0 unspecified atom stereocenters. The largest absolute Gasteiger partial charge is 0.338 e. The number of thioether (sulfide) groups is 2. The fourth-order valence-electron chi connectivity index (χ4n) is 2.29. The van der Waals surface area contributed by atoms with Crippen molar-refractivity contribution < 1.29 is 9.59 Å². The minimum Gasteiger partial charge on any atom is -0.338 e. The van der Waals surface area contributed by atoms with Crippen molar-refractivity contribution in [3.05, 3.63) is 24.5 Å². The number of hydrogen-bond acceptors (Lipinski definition) is 8. The molecule has 1 aliphatic rings. The third-order valence-corrected chi connectivity index (χ3v) is 6.95. The van der Waals surface area contributed by atoms with Gasteiger partial charge in [0.1, 0.15) is 6.33 Å². The molecule has 3 aromatic rings. The van der Waals surface area contributed by atoms with Crippen LogP contribution in [-0.4, -0.2) is 61.1 Å². The van der Waals surface area contributed by atoms with Crippen LogP contribution in [0.4, 0.5) is 5.69 Å². The van der Waals surface area contributed by atoms with E-state index in [0.29, 0.717) is 10.9 Å². The molecule has 0 atom stereocenters. The molecule has 140 valence electrons. The zero-order chi connectivity index (χ0) is 18.8. The van der Waals surface area contributed by atoms with Crippen molar-refractivity contribution in [2.75, 3.05) is 29.9 Å². The molecule has 0 aliphatic carbocycles. The summed E-state index contributed by atoms with van der Waals surface area (Å²) in [5.74, 6) is 0.730. The predicted molar refractivity (Wildman–Crippen MR) is 107 cm³/mol. The lowest BCUT2D eigenvalue weighted by Crippen LogP contribution is -2.14. The lowest BCUT2D eigenvalue weighted by molar-refractivity contribution is -0.123. The Bertz CT molecular complexity index is 997. The zero-order valence-electron chi connectivity index (χ0n) is 14.4. The lowest BCUT2D eigenvalue weighted by Gasteiger charge is -2.04. The Hall–Kier alpha value is -2.11. The quantitative estimate of drug-likeness (QED) is 0.462. The Kier molecular flexibility index (Phi) is 5.32. The number of hydrogen-bond donors (Lipinski definition) is 1. The third kappa shape index (κ3) is 4.60. The van der Waals surface area contributed by atoms with Crippen LogP contribution in [0.5, 0.6) is 0 Å². The van der Waals surface area contributed by atoms with E-state index < -0.39 is 0 Å². The van der Waals surface area contributed by atoms with E-state index in [0.717, 1.165) is 33.3 Å². The summed E-state index contributed by atoms with van der Waals surface area (Å²) < 4.78 is 3.61. The standard InChI is InChI=1S/C16H16N6O2S3/c1-21-9-17-20-15(21)25-7-13(23)18-10-2-3-11-12(6-10)27-16(19-11)26-8-14(24)22-4-5-22/h2-3,6,9H,4-5,7-8H2,1H3,(H,18,23). The van der Waals surface area contributed by atoms with Gasteiger partial charge in [-0.15, -0.1) is 21.5 Å². The van der Waals surface area contributed by atoms with Gasteiger partial charge in [0.15, 0.2) is 9.50 Å². The van der Waals surface area contributed by atoms with Crippen molar-refractivity contribution in [1.29, 1.82) is 0 Å². The molecule has 0 radical (unpaired) electrons. The molecule has 2 aromatic heterocycles. The van der Waals surface area contributed by atoms with Gasteiger partial charge in [0.2, 0.25) is 11.8 Å². The number of nitrogens with zero attached hydrogens (tertiary/aromatic N) is 5. The number of aromatic nitrogens is 4. The average molecular weight is 421 g/mol. The molecule has 0 saturated carbocycles. The molecule has 1 N–H and O–H groups in total. The summed E-state index contributed by atoms with van der Waals surface area (Å²) in [4.78, 5) is 30.3. The van der Waals surface area contributed by atoms with Gasteiger partial charge < -0.3 is 14.8 Å². The second kappa shape index (κ2) is 7.87. The molecule has 3 heterocycles. The summed E-state index contributed by atoms with van der Waals surface area (Å²) in [6.45, 7) is 1.74. The van der Waals surface area contributed by atoms with Crippen LogP contribution >= 0.6 is 34.9 Å². The fourth-order valence-corrected chi connectivity index (χ4v) is 4.99. The van der Waals surface area contributed by atoms with Gasteiger partial charge in [-0.2, -0.15) is 0 Å². The summed E-state index contributed by atoms with van der Waals surface area (Å²) in [6.07, 6.45) is 1.60. The number of fused-ring (bicyclic) bond motifs is 1. The summed E-state index contributed by atoms with van der Waals surface area (Å²) in [6, 6.07) is 5.63. The number of nitrogens with one attached hydrogen (secondary N) is 1. The van der Waals surface area contributed by atoms with Crippen LogP contribution in [0.1, 0.15) is 0 Å². The van der Waals surface area contributed by atoms with Crippen molar-refractivity contribution >= 4 is 62.6 Å². The number of benzene rings is 1. The van der Waals surface area contributed by atoms with Crippen molar-refractivity contribution in [3.63, 3.8) is 0 Å². The molecular formula is C16H16N6O2S3. The average Bonchev–Trinajstić information content (AvgIpc) is 3.30. The Balaban J connectivity index is 1.35. The number of carbonyl (C=O) groups is 2. The molecule has 8 nitrogen and oxygen atoms in total. The summed E-state index contributed by atoms with van der Waals surface area (Å²) in [5.41, 5.74) is 1.60. The van der Waals surface area contributed by atoms with Crippen molar-refractivity contribution in [2.24, 2.45) is 7.05 Å². The normalized spacial score (nSPS) is 13.1. The molecule has 1 aromatic carbocycles. The maximum Gasteiger partial charge on any atom is 0.234 e. The van der Waals surface area contributed by atoms with Crippen LogP contribution in [0.3, 0.4) is 0 Å². The highest BCUT2D eigenvalue weighted by Gasteiger charge is 2.24. The first kappa shape index (κ1) is 18.3. The van der Waals surface area contributed by atoms with Gasteiger partial charge in [-0.05, 0) is 18.2 Å². The molecular weight excluding hydrogens is 404 g/mol. The number of carbonyl (C=O) groups excluding carboxylic acids is 2. The van der Waals surface area contributed by atoms with E-state index in [9.17, 15) is 9.59 Å². The maximum atomic E-state index is 12.2. The van der Waals surface area contributed by atoms with Gasteiger partial charge in [0, 0.05) is 25.8 Å². The van der Waals surface area contributed by atoms with Gasteiger partial charge in [0.05, 0.1) is 21.7 Å². The highest BCUT2D eigenvalue weighted by Crippen LogP contribution is 2.31.